The monoisotopic (exact) mass is 247 g/mol. The van der Waals surface area contributed by atoms with E-state index in [-0.39, 0.29) is 5.41 Å². The van der Waals surface area contributed by atoms with E-state index in [4.69, 9.17) is 0 Å². The summed E-state index contributed by atoms with van der Waals surface area (Å²) in [5.41, 5.74) is 0.0318. The van der Waals surface area contributed by atoms with Gasteiger partial charge in [-0.3, -0.25) is 0 Å². The molecule has 0 aromatic carbocycles. The average Bonchev–Trinajstić information content (AvgIpc) is 2.53. The van der Waals surface area contributed by atoms with Gasteiger partial charge in [-0.1, -0.05) is 33.1 Å². The molecule has 0 amide bonds. The number of rotatable bonds is 7. The third-order valence-electron chi connectivity index (χ3n) is 3.53. The number of hydrogen-bond donors (Lipinski definition) is 1. The number of hydrogen-bond acceptors (Lipinski definition) is 3. The van der Waals surface area contributed by atoms with Gasteiger partial charge in [-0.25, -0.2) is 8.42 Å². The molecule has 0 aromatic rings. The van der Waals surface area contributed by atoms with Gasteiger partial charge in [-0.15, -0.1) is 0 Å². The summed E-state index contributed by atoms with van der Waals surface area (Å²) in [5, 5.41) is 3.33. The van der Waals surface area contributed by atoms with Crippen LogP contribution in [0.5, 0.6) is 0 Å². The first-order valence-electron chi connectivity index (χ1n) is 6.45. The minimum absolute atomic E-state index is 0.0318. The van der Waals surface area contributed by atoms with E-state index in [1.807, 2.05) is 0 Å². The molecule has 3 nitrogen and oxygen atoms in total. The molecular weight excluding hydrogens is 222 g/mol. The molecule has 96 valence electrons. The van der Waals surface area contributed by atoms with E-state index in [0.29, 0.717) is 11.5 Å². The van der Waals surface area contributed by atoms with Crippen LogP contribution >= 0.6 is 0 Å². The Kier molecular flexibility index (Phi) is 5.25. The van der Waals surface area contributed by atoms with E-state index < -0.39 is 9.84 Å². The highest BCUT2D eigenvalue weighted by atomic mass is 32.2. The molecule has 16 heavy (non-hydrogen) atoms. The first-order valence-corrected chi connectivity index (χ1v) is 8.27. The van der Waals surface area contributed by atoms with Crippen molar-refractivity contribution in [1.29, 1.82) is 0 Å². The molecule has 1 fully saturated rings. The predicted molar refractivity (Wildman–Crippen MR) is 68.4 cm³/mol. The Morgan fingerprint density at radius 3 is 2.50 bits per heavy atom. The molecule has 0 spiro atoms. The SMILES string of the molecule is CCCCCC1(CNCC)CCS(=O)(=O)C1. The van der Waals surface area contributed by atoms with E-state index in [0.717, 1.165) is 32.4 Å². The van der Waals surface area contributed by atoms with Gasteiger partial charge in [0.25, 0.3) is 0 Å². The van der Waals surface area contributed by atoms with Crippen molar-refractivity contribution in [2.24, 2.45) is 5.41 Å². The number of unbranched alkanes of at least 4 members (excludes halogenated alkanes) is 2. The summed E-state index contributed by atoms with van der Waals surface area (Å²) in [5.74, 6) is 0.793. The Balaban J connectivity index is 2.56. The molecule has 1 heterocycles. The minimum Gasteiger partial charge on any atom is -0.316 e. The van der Waals surface area contributed by atoms with Crippen LogP contribution in [-0.2, 0) is 9.84 Å². The van der Waals surface area contributed by atoms with Gasteiger partial charge in [0.15, 0.2) is 9.84 Å². The molecule has 0 bridgehead atoms. The fourth-order valence-corrected chi connectivity index (χ4v) is 4.76. The Morgan fingerprint density at radius 2 is 2.00 bits per heavy atom. The summed E-state index contributed by atoms with van der Waals surface area (Å²) in [6.45, 7) is 6.05. The molecule has 1 aliphatic rings. The molecule has 4 heteroatoms. The van der Waals surface area contributed by atoms with Gasteiger partial charge in [-0.05, 0) is 24.8 Å². The predicted octanol–water partition coefficient (Wildman–Crippen LogP) is 1.98. The maximum absolute atomic E-state index is 11.6. The lowest BCUT2D eigenvalue weighted by atomic mass is 9.82. The Labute approximate surface area is 99.9 Å². The van der Waals surface area contributed by atoms with Crippen LogP contribution in [0.1, 0.15) is 46.0 Å². The van der Waals surface area contributed by atoms with E-state index in [9.17, 15) is 8.42 Å². The summed E-state index contributed by atoms with van der Waals surface area (Å²) in [7, 11) is -2.76. The van der Waals surface area contributed by atoms with E-state index in [1.165, 1.54) is 12.8 Å². The van der Waals surface area contributed by atoms with Gasteiger partial charge in [-0.2, -0.15) is 0 Å². The first kappa shape index (κ1) is 14.0. The van der Waals surface area contributed by atoms with Crippen molar-refractivity contribution in [3.8, 4) is 0 Å². The third-order valence-corrected chi connectivity index (χ3v) is 5.41. The molecule has 1 aliphatic heterocycles. The molecule has 0 radical (unpaired) electrons. The van der Waals surface area contributed by atoms with Crippen LogP contribution in [0, 0.1) is 5.41 Å². The van der Waals surface area contributed by atoms with Gasteiger partial charge >= 0.3 is 0 Å². The van der Waals surface area contributed by atoms with Gasteiger partial charge in [0.2, 0.25) is 0 Å². The highest BCUT2D eigenvalue weighted by Gasteiger charge is 2.41. The normalized spacial score (nSPS) is 28.4. The number of sulfone groups is 1. The Hall–Kier alpha value is -0.0900. The van der Waals surface area contributed by atoms with Crippen molar-refractivity contribution in [3.05, 3.63) is 0 Å². The highest BCUT2D eigenvalue weighted by molar-refractivity contribution is 7.91. The van der Waals surface area contributed by atoms with Crippen LogP contribution in [0.15, 0.2) is 0 Å². The molecule has 1 saturated heterocycles. The van der Waals surface area contributed by atoms with Crippen molar-refractivity contribution in [1.82, 2.24) is 5.32 Å². The van der Waals surface area contributed by atoms with E-state index >= 15 is 0 Å². The maximum atomic E-state index is 11.6. The average molecular weight is 247 g/mol. The van der Waals surface area contributed by atoms with Crippen LogP contribution in [0.25, 0.3) is 0 Å². The van der Waals surface area contributed by atoms with Crippen LogP contribution in [0.3, 0.4) is 0 Å². The zero-order chi connectivity index (χ0) is 12.1. The smallest absolute Gasteiger partial charge is 0.150 e. The van der Waals surface area contributed by atoms with Crippen molar-refractivity contribution >= 4 is 9.84 Å². The number of nitrogens with one attached hydrogen (secondary N) is 1. The minimum atomic E-state index is -2.76. The zero-order valence-corrected chi connectivity index (χ0v) is 11.4. The summed E-state index contributed by atoms with van der Waals surface area (Å²) >= 11 is 0. The lowest BCUT2D eigenvalue weighted by molar-refractivity contribution is 0.281. The molecule has 0 aromatic heterocycles. The summed E-state index contributed by atoms with van der Waals surface area (Å²) in [6, 6.07) is 0. The Morgan fingerprint density at radius 1 is 1.25 bits per heavy atom. The van der Waals surface area contributed by atoms with E-state index in [1.54, 1.807) is 0 Å². The van der Waals surface area contributed by atoms with Crippen molar-refractivity contribution in [2.75, 3.05) is 24.6 Å². The fourth-order valence-electron chi connectivity index (χ4n) is 2.55. The topological polar surface area (TPSA) is 46.2 Å². The van der Waals surface area contributed by atoms with Crippen LogP contribution in [-0.4, -0.2) is 33.0 Å². The summed E-state index contributed by atoms with van der Waals surface area (Å²) < 4.78 is 23.2. The molecular formula is C12H25NO2S. The summed E-state index contributed by atoms with van der Waals surface area (Å²) in [6.07, 6.45) is 5.49. The van der Waals surface area contributed by atoms with Crippen LogP contribution in [0.2, 0.25) is 0 Å². The second-order valence-corrected chi connectivity index (χ2v) is 7.26. The standard InChI is InChI=1S/C12H25NO2S/c1-3-5-6-7-12(10-13-4-2)8-9-16(14,15)11-12/h13H,3-11H2,1-2H3. The van der Waals surface area contributed by atoms with Crippen LogP contribution in [0.4, 0.5) is 0 Å². The maximum Gasteiger partial charge on any atom is 0.150 e. The molecule has 1 N–H and O–H groups in total. The molecule has 1 atom stereocenters. The molecule has 1 rings (SSSR count). The van der Waals surface area contributed by atoms with E-state index in [2.05, 4.69) is 19.2 Å². The van der Waals surface area contributed by atoms with Gasteiger partial charge < -0.3 is 5.32 Å². The van der Waals surface area contributed by atoms with Crippen molar-refractivity contribution < 1.29 is 8.42 Å². The molecule has 0 aliphatic carbocycles. The van der Waals surface area contributed by atoms with Crippen molar-refractivity contribution in [3.63, 3.8) is 0 Å². The molecule has 0 saturated carbocycles. The highest BCUT2D eigenvalue weighted by Crippen LogP contribution is 2.36. The fraction of sp³-hybridized carbons (Fsp3) is 1.00. The molecule has 1 unspecified atom stereocenters. The van der Waals surface area contributed by atoms with Crippen LogP contribution < -0.4 is 5.32 Å². The Bertz CT molecular complexity index is 300. The lowest BCUT2D eigenvalue weighted by Crippen LogP contribution is -2.35. The van der Waals surface area contributed by atoms with Gasteiger partial charge in [0.05, 0.1) is 11.5 Å². The second-order valence-electron chi connectivity index (χ2n) is 5.08. The lowest BCUT2D eigenvalue weighted by Gasteiger charge is -2.28. The largest absolute Gasteiger partial charge is 0.316 e. The second kappa shape index (κ2) is 6.01. The first-order chi connectivity index (χ1) is 7.54. The summed E-state index contributed by atoms with van der Waals surface area (Å²) in [4.78, 5) is 0. The third kappa shape index (κ3) is 4.06. The van der Waals surface area contributed by atoms with Crippen molar-refractivity contribution in [2.45, 2.75) is 46.0 Å². The quantitative estimate of drug-likeness (QED) is 0.700. The van der Waals surface area contributed by atoms with Gasteiger partial charge in [0, 0.05) is 6.54 Å². The van der Waals surface area contributed by atoms with Gasteiger partial charge in [0.1, 0.15) is 0 Å². The zero-order valence-electron chi connectivity index (χ0n) is 10.6.